The number of imidazole rings is 1. The fourth-order valence-corrected chi connectivity index (χ4v) is 6.01. The minimum Gasteiger partial charge on any atom is -0.508 e. The van der Waals surface area contributed by atoms with Gasteiger partial charge in [0.1, 0.15) is 42.5 Å². The zero-order valence-electron chi connectivity index (χ0n) is 32.3. The fraction of sp³-hybridized carbons (Fsp3) is 0.342. The number of benzene rings is 2. The predicted octanol–water partition coefficient (Wildman–Crippen LogP) is -1.33. The number of para-hydroxylation sites is 1. The smallest absolute Gasteiger partial charge is 0.490 e. The molecule has 332 valence electrons. The number of halogens is 3. The number of carboxylic acids is 2. The number of rotatable bonds is 18. The van der Waals surface area contributed by atoms with Crippen LogP contribution in [0.2, 0.25) is 0 Å². The third kappa shape index (κ3) is 14.1. The van der Waals surface area contributed by atoms with Gasteiger partial charge < -0.3 is 62.3 Å². The van der Waals surface area contributed by atoms with Crippen molar-refractivity contribution in [2.75, 3.05) is 13.2 Å². The van der Waals surface area contributed by atoms with E-state index in [1.165, 1.54) is 36.8 Å². The Bertz CT molecular complexity index is 2230. The Hall–Kier alpha value is -7.50. The average Bonchev–Trinajstić information content (AvgIpc) is 4.01. The summed E-state index contributed by atoms with van der Waals surface area (Å²) < 4.78 is 31.7. The highest BCUT2D eigenvalue weighted by atomic mass is 19.4. The molecule has 5 rings (SSSR count). The number of aromatic nitrogens is 3. The number of nitrogens with one attached hydrogen (secondary N) is 8. The van der Waals surface area contributed by atoms with E-state index < -0.39 is 91.0 Å². The Morgan fingerprint density at radius 1 is 0.790 bits per heavy atom. The van der Waals surface area contributed by atoms with Crippen molar-refractivity contribution in [2.45, 2.75) is 68.5 Å². The molecule has 0 saturated carbocycles. The maximum absolute atomic E-state index is 14.0. The molecule has 0 spiro atoms. The summed E-state index contributed by atoms with van der Waals surface area (Å²) >= 11 is 0. The topological polar surface area (TPSA) is 334 Å². The van der Waals surface area contributed by atoms with Crippen LogP contribution in [0.25, 0.3) is 10.9 Å². The van der Waals surface area contributed by atoms with Crippen LogP contribution in [0.5, 0.6) is 5.75 Å². The standard InChI is InChI=1S/C36H41N9O10.C2HF3O2/c46-17-29(36(55)42-26(32(51)39-16-31(49)50)11-19-5-7-22(47)8-6-19)45-34(53)27(12-20-14-38-24-4-2-1-3-23(20)24)43-35(54)28(13-21-15-37-18-40-21)44-33(52)25-9-10-30(48)41-25;3-2(4,5)1(6)7/h1-8,14-15,18,25-29,38,46-47H,9-13,16-17H2,(H,37,40)(H,39,51)(H,41,48)(H,42,55)(H,43,54)(H,44,52)(H,45,53)(H,49,50);(H,6,7)/t25-,26-,27-,28-,29-;/m0./s1. The summed E-state index contributed by atoms with van der Waals surface area (Å²) in [5, 5.41) is 51.8. The van der Waals surface area contributed by atoms with Gasteiger partial charge in [0.05, 0.1) is 12.9 Å². The minimum atomic E-state index is -5.08. The van der Waals surface area contributed by atoms with Crippen molar-refractivity contribution >= 4 is 58.3 Å². The van der Waals surface area contributed by atoms with E-state index in [9.17, 15) is 56.9 Å². The lowest BCUT2D eigenvalue weighted by atomic mass is 10.0. The summed E-state index contributed by atoms with van der Waals surface area (Å²) in [7, 11) is 0. The zero-order valence-corrected chi connectivity index (χ0v) is 32.3. The SMILES string of the molecule is O=C(O)C(F)(F)F.O=C(O)CNC(=O)[C@H](Cc1ccc(O)cc1)NC(=O)[C@H](CO)NC(=O)[C@H](Cc1c[nH]c2ccccc12)NC(=O)[C@H](Cc1cnc[nH]1)NC(=O)[C@@H]1CCC(=O)N1. The number of hydrogen-bond acceptors (Lipinski definition) is 11. The number of phenolic OH excluding ortho intramolecular Hbond substituents is 1. The lowest BCUT2D eigenvalue weighted by molar-refractivity contribution is -0.192. The Balaban J connectivity index is 0.00000111. The number of carbonyl (C=O) groups is 8. The fourth-order valence-electron chi connectivity index (χ4n) is 6.01. The number of aliphatic hydroxyl groups excluding tert-OH is 1. The Morgan fingerprint density at radius 2 is 1.39 bits per heavy atom. The van der Waals surface area contributed by atoms with Crippen LogP contribution < -0.4 is 31.9 Å². The molecule has 1 saturated heterocycles. The Kier molecular flexibility index (Phi) is 16.5. The summed E-state index contributed by atoms with van der Waals surface area (Å²) in [5.41, 5.74) is 2.35. The van der Waals surface area contributed by atoms with Crippen molar-refractivity contribution in [3.8, 4) is 5.75 Å². The third-order valence-corrected chi connectivity index (χ3v) is 9.14. The van der Waals surface area contributed by atoms with Gasteiger partial charge in [-0.25, -0.2) is 9.78 Å². The predicted molar refractivity (Wildman–Crippen MR) is 206 cm³/mol. The van der Waals surface area contributed by atoms with Gasteiger partial charge >= 0.3 is 18.1 Å². The van der Waals surface area contributed by atoms with Crippen molar-refractivity contribution < 1.29 is 72.0 Å². The van der Waals surface area contributed by atoms with E-state index in [-0.39, 0.29) is 43.8 Å². The molecule has 12 N–H and O–H groups in total. The molecule has 0 unspecified atom stereocenters. The van der Waals surface area contributed by atoms with E-state index >= 15 is 0 Å². The van der Waals surface area contributed by atoms with Crippen LogP contribution in [0.4, 0.5) is 13.2 Å². The van der Waals surface area contributed by atoms with E-state index in [2.05, 4.69) is 46.9 Å². The van der Waals surface area contributed by atoms with Crippen LogP contribution in [0.1, 0.15) is 29.7 Å². The van der Waals surface area contributed by atoms with Crippen LogP contribution in [0.3, 0.4) is 0 Å². The van der Waals surface area contributed by atoms with E-state index in [1.54, 1.807) is 12.3 Å². The first kappa shape index (κ1) is 47.2. The second-order valence-electron chi connectivity index (χ2n) is 13.7. The number of aromatic amines is 2. The van der Waals surface area contributed by atoms with E-state index in [0.29, 0.717) is 16.8 Å². The van der Waals surface area contributed by atoms with Crippen LogP contribution in [0, 0.1) is 0 Å². The van der Waals surface area contributed by atoms with E-state index in [4.69, 9.17) is 15.0 Å². The van der Waals surface area contributed by atoms with Gasteiger partial charge in [-0.2, -0.15) is 13.2 Å². The number of phenols is 1. The molecule has 2 aromatic heterocycles. The molecule has 0 radical (unpaired) electrons. The zero-order chi connectivity index (χ0) is 45.6. The first-order valence-electron chi connectivity index (χ1n) is 18.6. The maximum atomic E-state index is 14.0. The van der Waals surface area contributed by atoms with Gasteiger partial charge in [-0.1, -0.05) is 30.3 Å². The Labute approximate surface area is 348 Å². The molecule has 1 fully saturated rings. The molecule has 0 aliphatic carbocycles. The normalized spacial score (nSPS) is 15.4. The van der Waals surface area contributed by atoms with Crippen LogP contribution in [0.15, 0.2) is 67.3 Å². The molecular weight excluding hydrogens is 831 g/mol. The molecule has 3 heterocycles. The highest BCUT2D eigenvalue weighted by molar-refractivity contribution is 5.98. The quantitative estimate of drug-likeness (QED) is 0.0552. The summed E-state index contributed by atoms with van der Waals surface area (Å²) in [6.45, 7) is -1.67. The number of carbonyl (C=O) groups excluding carboxylic acids is 6. The number of alkyl halides is 3. The van der Waals surface area contributed by atoms with Gasteiger partial charge in [-0.3, -0.25) is 33.6 Å². The van der Waals surface area contributed by atoms with Gasteiger partial charge in [0.15, 0.2) is 0 Å². The Morgan fingerprint density at radius 3 is 1.95 bits per heavy atom. The number of amides is 6. The molecule has 24 heteroatoms. The van der Waals surface area contributed by atoms with Crippen molar-refractivity contribution in [3.05, 3.63) is 84.1 Å². The average molecular weight is 874 g/mol. The van der Waals surface area contributed by atoms with Gasteiger partial charge in [0.2, 0.25) is 35.4 Å². The number of H-pyrrole nitrogens is 2. The summed E-state index contributed by atoms with van der Waals surface area (Å²) in [6, 6.07) is 6.45. The summed E-state index contributed by atoms with van der Waals surface area (Å²) in [5.74, 6) is -8.57. The van der Waals surface area contributed by atoms with Crippen molar-refractivity contribution in [1.29, 1.82) is 0 Å². The number of aliphatic carboxylic acids is 2. The molecular formula is C38H42F3N9O12. The third-order valence-electron chi connectivity index (χ3n) is 9.14. The van der Waals surface area contributed by atoms with Gasteiger partial charge in [-0.05, 0) is 35.7 Å². The van der Waals surface area contributed by atoms with Crippen LogP contribution in [-0.2, 0) is 57.6 Å². The number of nitrogens with zero attached hydrogens (tertiary/aromatic N) is 1. The molecule has 21 nitrogen and oxygen atoms in total. The second-order valence-corrected chi connectivity index (χ2v) is 13.7. The molecule has 0 bridgehead atoms. The molecule has 62 heavy (non-hydrogen) atoms. The molecule has 1 aliphatic heterocycles. The van der Waals surface area contributed by atoms with Crippen molar-refractivity contribution in [3.63, 3.8) is 0 Å². The first-order valence-corrected chi connectivity index (χ1v) is 18.6. The summed E-state index contributed by atoms with van der Waals surface area (Å²) in [4.78, 5) is 109. The van der Waals surface area contributed by atoms with Crippen LogP contribution >= 0.6 is 0 Å². The number of aromatic hydroxyl groups is 1. The van der Waals surface area contributed by atoms with Gasteiger partial charge in [-0.15, -0.1) is 0 Å². The second kappa shape index (κ2) is 21.7. The molecule has 6 amide bonds. The van der Waals surface area contributed by atoms with Gasteiger partial charge in [0, 0.05) is 54.7 Å². The summed E-state index contributed by atoms with van der Waals surface area (Å²) in [6.07, 6.45) is -0.508. The monoisotopic (exact) mass is 873 g/mol. The lowest BCUT2D eigenvalue weighted by Crippen LogP contribution is -2.60. The number of carboxylic acid groups (broad SMARTS) is 2. The van der Waals surface area contributed by atoms with Crippen molar-refractivity contribution in [2.24, 2.45) is 0 Å². The molecule has 4 aromatic rings. The molecule has 1 aliphatic rings. The van der Waals surface area contributed by atoms with Crippen molar-refractivity contribution in [1.82, 2.24) is 46.9 Å². The highest BCUT2D eigenvalue weighted by Gasteiger charge is 2.38. The number of hydrogen-bond donors (Lipinski definition) is 12. The van der Waals surface area contributed by atoms with E-state index in [0.717, 1.165) is 10.9 Å². The largest absolute Gasteiger partial charge is 0.508 e. The minimum absolute atomic E-state index is 0.0469. The number of aliphatic hydroxyl groups is 1. The lowest BCUT2D eigenvalue weighted by Gasteiger charge is -2.26. The van der Waals surface area contributed by atoms with Crippen LogP contribution in [-0.4, -0.2) is 132 Å². The first-order chi connectivity index (χ1) is 29.3. The molecule has 5 atom stereocenters. The van der Waals surface area contributed by atoms with Gasteiger partial charge in [0.25, 0.3) is 0 Å². The number of fused-ring (bicyclic) bond motifs is 1. The maximum Gasteiger partial charge on any atom is 0.490 e. The highest BCUT2D eigenvalue weighted by Crippen LogP contribution is 2.20. The molecule has 2 aromatic carbocycles. The van der Waals surface area contributed by atoms with E-state index in [1.807, 2.05) is 18.2 Å².